The summed E-state index contributed by atoms with van der Waals surface area (Å²) in [6.45, 7) is 0. The lowest BCUT2D eigenvalue weighted by molar-refractivity contribution is 0.643. The normalized spacial score (nSPS) is 11.3. The average Bonchev–Trinajstić information content (AvgIpc) is 2.62. The molecule has 0 spiro atoms. The van der Waals surface area contributed by atoms with Crippen LogP contribution in [-0.2, 0) is 0 Å². The molecule has 0 saturated heterocycles. The van der Waals surface area contributed by atoms with Crippen LogP contribution < -0.4 is 0 Å². The van der Waals surface area contributed by atoms with Crippen LogP contribution in [-0.4, -0.2) is 35.3 Å². The molecule has 0 bridgehead atoms. The summed E-state index contributed by atoms with van der Waals surface area (Å²) in [5, 5.41) is 1.05. The summed E-state index contributed by atoms with van der Waals surface area (Å²) in [6.07, 6.45) is 5.40. The molecule has 2 aromatic heterocycles. The van der Waals surface area contributed by atoms with E-state index in [1.54, 1.807) is 12.5 Å². The Balaban J connectivity index is 2.46. The maximum atomic E-state index is 4.35. The van der Waals surface area contributed by atoms with E-state index in [1.165, 1.54) is 0 Å². The van der Waals surface area contributed by atoms with Gasteiger partial charge in [0.1, 0.15) is 5.65 Å². The predicted molar refractivity (Wildman–Crippen MR) is 57.9 cm³/mol. The first kappa shape index (κ1) is 8.74. The van der Waals surface area contributed by atoms with Gasteiger partial charge in [-0.05, 0) is 12.1 Å². The number of aromatic nitrogens is 2. The van der Waals surface area contributed by atoms with Crippen LogP contribution in [0.15, 0.2) is 29.5 Å². The maximum Gasteiger partial charge on any atom is 0.139 e. The Morgan fingerprint density at radius 3 is 3.07 bits per heavy atom. The topological polar surface area (TPSA) is 44.3 Å². The molecule has 0 aromatic carbocycles. The summed E-state index contributed by atoms with van der Waals surface area (Å²) >= 11 is 0. The van der Waals surface area contributed by atoms with Gasteiger partial charge in [-0.2, -0.15) is 0 Å². The van der Waals surface area contributed by atoms with Gasteiger partial charge in [0.05, 0.1) is 12.0 Å². The fraction of sp³-hybridized carbons (Fsp3) is 0.200. The number of aromatic amines is 1. The molecule has 0 unspecified atom stereocenters. The van der Waals surface area contributed by atoms with E-state index >= 15 is 0 Å². The molecular weight excluding hydrogens is 176 g/mol. The molecule has 2 rings (SSSR count). The largest absolute Gasteiger partial charge is 0.369 e. The summed E-state index contributed by atoms with van der Waals surface area (Å²) in [7, 11) is 3.89. The van der Waals surface area contributed by atoms with E-state index in [1.807, 2.05) is 37.3 Å². The molecule has 14 heavy (non-hydrogen) atoms. The molecule has 0 aliphatic rings. The first-order chi connectivity index (χ1) is 6.77. The molecule has 0 aliphatic heterocycles. The zero-order valence-corrected chi connectivity index (χ0v) is 8.23. The van der Waals surface area contributed by atoms with E-state index in [-0.39, 0.29) is 0 Å². The fourth-order valence-corrected chi connectivity index (χ4v) is 1.24. The van der Waals surface area contributed by atoms with Crippen LogP contribution in [0.2, 0.25) is 0 Å². The van der Waals surface area contributed by atoms with Crippen molar-refractivity contribution in [3.8, 4) is 0 Å². The fourth-order valence-electron chi connectivity index (χ4n) is 1.24. The number of pyridine rings is 1. The van der Waals surface area contributed by atoms with Gasteiger partial charge >= 0.3 is 0 Å². The minimum Gasteiger partial charge on any atom is -0.369 e. The summed E-state index contributed by atoms with van der Waals surface area (Å²) in [5.41, 5.74) is 1.81. The summed E-state index contributed by atoms with van der Waals surface area (Å²) in [4.78, 5) is 13.5. The second-order valence-corrected chi connectivity index (χ2v) is 3.28. The molecule has 0 aliphatic carbocycles. The van der Waals surface area contributed by atoms with E-state index in [2.05, 4.69) is 15.0 Å². The monoisotopic (exact) mass is 188 g/mol. The summed E-state index contributed by atoms with van der Waals surface area (Å²) in [5.74, 6) is 0. The molecule has 0 atom stereocenters. The minimum atomic E-state index is 0.874. The lowest BCUT2D eigenvalue weighted by atomic mass is 10.3. The van der Waals surface area contributed by atoms with Crippen LogP contribution >= 0.6 is 0 Å². The van der Waals surface area contributed by atoms with Crippen molar-refractivity contribution >= 4 is 23.1 Å². The van der Waals surface area contributed by atoms with Gasteiger partial charge in [-0.15, -0.1) is 0 Å². The van der Waals surface area contributed by atoms with Crippen molar-refractivity contribution < 1.29 is 0 Å². The second-order valence-electron chi connectivity index (χ2n) is 3.28. The van der Waals surface area contributed by atoms with Crippen molar-refractivity contribution in [2.45, 2.75) is 0 Å². The van der Waals surface area contributed by atoms with Crippen LogP contribution in [0.4, 0.5) is 5.69 Å². The third kappa shape index (κ3) is 1.59. The van der Waals surface area contributed by atoms with E-state index in [0.717, 1.165) is 16.7 Å². The van der Waals surface area contributed by atoms with Crippen molar-refractivity contribution in [3.05, 3.63) is 24.5 Å². The van der Waals surface area contributed by atoms with Gasteiger partial charge in [0, 0.05) is 31.9 Å². The molecule has 72 valence electrons. The molecule has 0 amide bonds. The molecule has 0 radical (unpaired) electrons. The zero-order chi connectivity index (χ0) is 9.97. The number of H-pyrrole nitrogens is 1. The van der Waals surface area contributed by atoms with Gasteiger partial charge in [-0.1, -0.05) is 0 Å². The third-order valence-corrected chi connectivity index (χ3v) is 1.86. The summed E-state index contributed by atoms with van der Waals surface area (Å²) < 4.78 is 0. The minimum absolute atomic E-state index is 0.874. The highest BCUT2D eigenvalue weighted by Gasteiger charge is 1.99. The lowest BCUT2D eigenvalue weighted by Crippen LogP contribution is -2.06. The number of hydrogen-bond acceptors (Lipinski definition) is 2. The van der Waals surface area contributed by atoms with Gasteiger partial charge < -0.3 is 9.88 Å². The van der Waals surface area contributed by atoms with Gasteiger partial charge in [0.15, 0.2) is 0 Å². The lowest BCUT2D eigenvalue weighted by Gasteiger charge is -2.02. The van der Waals surface area contributed by atoms with Crippen LogP contribution in [0.3, 0.4) is 0 Å². The standard InChI is InChI=1S/C10H12N4/c1-14(2)7-13-9-4-6-12-10-8(9)3-5-11-10/h3-7H,1-2H3,(H,11,12). The number of hydrogen-bond donors (Lipinski definition) is 1. The van der Waals surface area contributed by atoms with Gasteiger partial charge in [0.2, 0.25) is 0 Å². The number of fused-ring (bicyclic) bond motifs is 1. The van der Waals surface area contributed by atoms with Crippen molar-refractivity contribution in [1.82, 2.24) is 14.9 Å². The number of aliphatic imine (C=N–C) groups is 1. The quantitative estimate of drug-likeness (QED) is 0.576. The van der Waals surface area contributed by atoms with E-state index in [4.69, 9.17) is 0 Å². The highest BCUT2D eigenvalue weighted by Crippen LogP contribution is 2.22. The van der Waals surface area contributed by atoms with Crippen molar-refractivity contribution in [1.29, 1.82) is 0 Å². The smallest absolute Gasteiger partial charge is 0.139 e. The molecule has 4 nitrogen and oxygen atoms in total. The van der Waals surface area contributed by atoms with Crippen LogP contribution in [0.5, 0.6) is 0 Å². The van der Waals surface area contributed by atoms with E-state index < -0.39 is 0 Å². The van der Waals surface area contributed by atoms with Crippen LogP contribution in [0, 0.1) is 0 Å². The van der Waals surface area contributed by atoms with Crippen molar-refractivity contribution in [3.63, 3.8) is 0 Å². The summed E-state index contributed by atoms with van der Waals surface area (Å²) in [6, 6.07) is 3.88. The number of nitrogens with one attached hydrogen (secondary N) is 1. The van der Waals surface area contributed by atoms with Crippen molar-refractivity contribution in [2.24, 2.45) is 4.99 Å². The van der Waals surface area contributed by atoms with Crippen molar-refractivity contribution in [2.75, 3.05) is 14.1 Å². The van der Waals surface area contributed by atoms with Crippen LogP contribution in [0.1, 0.15) is 0 Å². The molecule has 2 aromatic rings. The highest BCUT2D eigenvalue weighted by atomic mass is 15.1. The zero-order valence-electron chi connectivity index (χ0n) is 8.23. The Bertz CT molecular complexity index is 456. The Labute approximate surface area is 82.3 Å². The predicted octanol–water partition coefficient (Wildman–Crippen LogP) is 1.78. The van der Waals surface area contributed by atoms with Gasteiger partial charge in [-0.25, -0.2) is 9.98 Å². The first-order valence-electron chi connectivity index (χ1n) is 4.40. The third-order valence-electron chi connectivity index (χ3n) is 1.86. The Morgan fingerprint density at radius 1 is 1.43 bits per heavy atom. The number of rotatable bonds is 2. The van der Waals surface area contributed by atoms with Gasteiger partial charge in [0.25, 0.3) is 0 Å². The van der Waals surface area contributed by atoms with Crippen LogP contribution in [0.25, 0.3) is 11.0 Å². The molecule has 0 fully saturated rings. The molecule has 2 heterocycles. The van der Waals surface area contributed by atoms with E-state index in [9.17, 15) is 0 Å². The molecular formula is C10H12N4. The Morgan fingerprint density at radius 2 is 2.29 bits per heavy atom. The average molecular weight is 188 g/mol. The Kier molecular flexibility index (Phi) is 2.18. The van der Waals surface area contributed by atoms with E-state index in [0.29, 0.717) is 0 Å². The first-order valence-corrected chi connectivity index (χ1v) is 4.40. The highest BCUT2D eigenvalue weighted by molar-refractivity contribution is 5.88. The SMILES string of the molecule is CN(C)C=Nc1ccnc2[nH]ccc12. The molecule has 0 saturated carbocycles. The second kappa shape index (κ2) is 3.49. The molecule has 4 heteroatoms. The Hall–Kier alpha value is -1.84. The number of nitrogens with zero attached hydrogens (tertiary/aromatic N) is 3. The maximum absolute atomic E-state index is 4.35. The molecule has 1 N–H and O–H groups in total. The van der Waals surface area contributed by atoms with Gasteiger partial charge in [-0.3, -0.25) is 0 Å².